The summed E-state index contributed by atoms with van der Waals surface area (Å²) in [6.45, 7) is 1.62. The highest BCUT2D eigenvalue weighted by atomic mass is 35.5. The second-order valence-corrected chi connectivity index (χ2v) is 6.30. The molecule has 126 valence electrons. The summed E-state index contributed by atoms with van der Waals surface area (Å²) in [6, 6.07) is 11.8. The fourth-order valence-electron chi connectivity index (χ4n) is 2.14. The Morgan fingerprint density at radius 3 is 2.42 bits per heavy atom. The number of carbonyl (C=O) groups excluding carboxylic acids is 2. The molecule has 0 spiro atoms. The summed E-state index contributed by atoms with van der Waals surface area (Å²) in [5.74, 6) is -0.478. The van der Waals surface area contributed by atoms with Crippen molar-refractivity contribution < 1.29 is 9.59 Å². The van der Waals surface area contributed by atoms with Crippen molar-refractivity contribution in [3.8, 4) is 0 Å². The van der Waals surface area contributed by atoms with Crippen molar-refractivity contribution >= 4 is 58.0 Å². The molecule has 2 aromatic carbocycles. The number of nitrogens with one attached hydrogen (secondary N) is 1. The summed E-state index contributed by atoms with van der Waals surface area (Å²) in [6.07, 6.45) is 0.0909. The van der Waals surface area contributed by atoms with E-state index in [2.05, 4.69) is 5.32 Å². The first kappa shape index (κ1) is 18.6. The molecule has 0 bridgehead atoms. The monoisotopic (exact) mass is 384 g/mol. The van der Waals surface area contributed by atoms with Crippen LogP contribution in [0.2, 0.25) is 15.1 Å². The predicted octanol–water partition coefficient (Wildman–Crippen LogP) is 5.03. The van der Waals surface area contributed by atoms with Crippen LogP contribution < -0.4 is 10.2 Å². The van der Waals surface area contributed by atoms with Gasteiger partial charge in [-0.15, -0.1) is 0 Å². The lowest BCUT2D eigenvalue weighted by molar-refractivity contribution is -0.117. The van der Waals surface area contributed by atoms with Crippen molar-refractivity contribution in [2.45, 2.75) is 13.3 Å². The summed E-state index contributed by atoms with van der Waals surface area (Å²) in [4.78, 5) is 25.5. The molecule has 7 heteroatoms. The molecule has 4 nitrogen and oxygen atoms in total. The van der Waals surface area contributed by atoms with Gasteiger partial charge in [-0.1, -0.05) is 46.9 Å². The van der Waals surface area contributed by atoms with Gasteiger partial charge >= 0.3 is 0 Å². The van der Waals surface area contributed by atoms with Gasteiger partial charge in [-0.2, -0.15) is 0 Å². The predicted molar refractivity (Wildman–Crippen MR) is 99.2 cm³/mol. The summed E-state index contributed by atoms with van der Waals surface area (Å²) in [5.41, 5.74) is 1.00. The average Bonchev–Trinajstić information content (AvgIpc) is 2.52. The molecule has 0 radical (unpaired) electrons. The number of anilines is 2. The molecule has 0 aliphatic carbocycles. The molecule has 1 N–H and O–H groups in total. The van der Waals surface area contributed by atoms with Gasteiger partial charge in [0.1, 0.15) is 0 Å². The normalized spacial score (nSPS) is 10.3. The Morgan fingerprint density at radius 1 is 1.04 bits per heavy atom. The number of para-hydroxylation sites is 1. The van der Waals surface area contributed by atoms with Gasteiger partial charge in [0, 0.05) is 24.9 Å². The van der Waals surface area contributed by atoms with Gasteiger partial charge in [0.25, 0.3) is 0 Å². The third-order valence-electron chi connectivity index (χ3n) is 3.29. The number of hydrogen-bond acceptors (Lipinski definition) is 2. The minimum Gasteiger partial charge on any atom is -0.325 e. The number of amides is 2. The van der Waals surface area contributed by atoms with Gasteiger partial charge in [0.2, 0.25) is 11.8 Å². The molecular formula is C17H15Cl3N2O2. The number of hydrogen-bond donors (Lipinski definition) is 1. The number of carbonyl (C=O) groups is 2. The SMILES string of the molecule is CC(=O)N(CCC(=O)Nc1cc(Cl)ccc1Cl)c1ccccc1Cl. The Morgan fingerprint density at radius 2 is 1.75 bits per heavy atom. The lowest BCUT2D eigenvalue weighted by Gasteiger charge is -2.22. The van der Waals surface area contributed by atoms with Crippen LogP contribution in [0, 0.1) is 0 Å². The fourth-order valence-corrected chi connectivity index (χ4v) is 2.71. The van der Waals surface area contributed by atoms with E-state index >= 15 is 0 Å². The van der Waals surface area contributed by atoms with E-state index in [1.54, 1.807) is 42.5 Å². The van der Waals surface area contributed by atoms with Crippen LogP contribution in [0.1, 0.15) is 13.3 Å². The van der Waals surface area contributed by atoms with E-state index in [0.29, 0.717) is 26.4 Å². The number of rotatable bonds is 5. The minimum absolute atomic E-state index is 0.0909. The van der Waals surface area contributed by atoms with Crippen molar-refractivity contribution in [2.24, 2.45) is 0 Å². The number of benzene rings is 2. The lowest BCUT2D eigenvalue weighted by Crippen LogP contribution is -2.32. The molecule has 2 rings (SSSR count). The molecule has 0 fully saturated rings. The van der Waals surface area contributed by atoms with Crippen LogP contribution >= 0.6 is 34.8 Å². The molecule has 0 saturated carbocycles. The molecule has 0 aromatic heterocycles. The van der Waals surface area contributed by atoms with Gasteiger partial charge in [0.15, 0.2) is 0 Å². The van der Waals surface area contributed by atoms with Gasteiger partial charge in [-0.25, -0.2) is 0 Å². The second kappa shape index (κ2) is 8.38. The Labute approximate surface area is 155 Å². The van der Waals surface area contributed by atoms with Crippen LogP contribution in [0.3, 0.4) is 0 Å². The zero-order chi connectivity index (χ0) is 17.7. The van der Waals surface area contributed by atoms with E-state index in [4.69, 9.17) is 34.8 Å². The molecule has 0 aliphatic heterocycles. The van der Waals surface area contributed by atoms with E-state index in [0.717, 1.165) is 0 Å². The second-order valence-electron chi connectivity index (χ2n) is 5.04. The van der Waals surface area contributed by atoms with Crippen molar-refractivity contribution in [1.82, 2.24) is 0 Å². The van der Waals surface area contributed by atoms with Gasteiger partial charge in [-0.3, -0.25) is 9.59 Å². The van der Waals surface area contributed by atoms with Crippen molar-refractivity contribution in [3.63, 3.8) is 0 Å². The topological polar surface area (TPSA) is 49.4 Å². The summed E-state index contributed by atoms with van der Waals surface area (Å²) >= 11 is 18.0. The Hall–Kier alpha value is -1.75. The van der Waals surface area contributed by atoms with E-state index < -0.39 is 0 Å². The standard InChI is InChI=1S/C17H15Cl3N2O2/c1-11(23)22(16-5-3-2-4-14(16)20)9-8-17(24)21-15-10-12(18)6-7-13(15)19/h2-7,10H,8-9H2,1H3,(H,21,24). The van der Waals surface area contributed by atoms with Crippen molar-refractivity contribution in [2.75, 3.05) is 16.8 Å². The van der Waals surface area contributed by atoms with E-state index in [1.807, 2.05) is 0 Å². The highest BCUT2D eigenvalue weighted by Gasteiger charge is 2.16. The van der Waals surface area contributed by atoms with E-state index in [9.17, 15) is 9.59 Å². The minimum atomic E-state index is -0.280. The van der Waals surface area contributed by atoms with Crippen LogP contribution in [-0.2, 0) is 9.59 Å². The highest BCUT2D eigenvalue weighted by molar-refractivity contribution is 6.35. The van der Waals surface area contributed by atoms with E-state index in [1.165, 1.54) is 11.8 Å². The average molecular weight is 386 g/mol. The Kier molecular flexibility index (Phi) is 6.49. The molecule has 2 amide bonds. The van der Waals surface area contributed by atoms with E-state index in [-0.39, 0.29) is 24.8 Å². The highest BCUT2D eigenvalue weighted by Crippen LogP contribution is 2.27. The largest absolute Gasteiger partial charge is 0.325 e. The fraction of sp³-hybridized carbons (Fsp3) is 0.176. The Balaban J connectivity index is 2.04. The molecule has 0 heterocycles. The van der Waals surface area contributed by atoms with Gasteiger partial charge < -0.3 is 10.2 Å². The first-order valence-corrected chi connectivity index (χ1v) is 8.29. The van der Waals surface area contributed by atoms with Crippen molar-refractivity contribution in [1.29, 1.82) is 0 Å². The lowest BCUT2D eigenvalue weighted by atomic mass is 10.2. The number of nitrogens with zero attached hydrogens (tertiary/aromatic N) is 1. The smallest absolute Gasteiger partial charge is 0.226 e. The summed E-state index contributed by atoms with van der Waals surface area (Å²) < 4.78 is 0. The van der Waals surface area contributed by atoms with Crippen LogP contribution in [0.5, 0.6) is 0 Å². The van der Waals surface area contributed by atoms with Crippen LogP contribution in [-0.4, -0.2) is 18.4 Å². The Bertz CT molecular complexity index is 765. The maximum atomic E-state index is 12.1. The van der Waals surface area contributed by atoms with Crippen LogP contribution in [0.25, 0.3) is 0 Å². The molecule has 0 atom stereocenters. The third kappa shape index (κ3) is 4.87. The summed E-state index contributed by atoms with van der Waals surface area (Å²) in [5, 5.41) is 3.99. The van der Waals surface area contributed by atoms with Crippen LogP contribution in [0.15, 0.2) is 42.5 Å². The summed E-state index contributed by atoms with van der Waals surface area (Å²) in [7, 11) is 0. The van der Waals surface area contributed by atoms with Crippen LogP contribution in [0.4, 0.5) is 11.4 Å². The molecule has 0 aliphatic rings. The van der Waals surface area contributed by atoms with Crippen molar-refractivity contribution in [3.05, 3.63) is 57.5 Å². The maximum Gasteiger partial charge on any atom is 0.226 e. The molecular weight excluding hydrogens is 371 g/mol. The zero-order valence-electron chi connectivity index (χ0n) is 12.9. The molecule has 0 saturated heterocycles. The molecule has 24 heavy (non-hydrogen) atoms. The zero-order valence-corrected chi connectivity index (χ0v) is 15.1. The first-order valence-electron chi connectivity index (χ1n) is 7.16. The van der Waals surface area contributed by atoms with Gasteiger partial charge in [-0.05, 0) is 30.3 Å². The number of halogens is 3. The third-order valence-corrected chi connectivity index (χ3v) is 4.17. The molecule has 0 unspecified atom stereocenters. The molecule has 2 aromatic rings. The first-order chi connectivity index (χ1) is 11.4. The maximum absolute atomic E-state index is 12.1. The quantitative estimate of drug-likeness (QED) is 0.785. The van der Waals surface area contributed by atoms with Gasteiger partial charge in [0.05, 0.1) is 21.4 Å².